The van der Waals surface area contributed by atoms with Crippen molar-refractivity contribution in [1.29, 1.82) is 0 Å². The van der Waals surface area contributed by atoms with Gasteiger partial charge in [0.15, 0.2) is 5.11 Å². The third-order valence-corrected chi connectivity index (χ3v) is 3.99. The van der Waals surface area contributed by atoms with Crippen LogP contribution >= 0.6 is 12.2 Å². The molecule has 1 fully saturated rings. The van der Waals surface area contributed by atoms with Gasteiger partial charge in [0.1, 0.15) is 17.6 Å². The molecule has 1 aliphatic heterocycles. The van der Waals surface area contributed by atoms with Crippen LogP contribution in [-0.4, -0.2) is 23.9 Å². The van der Waals surface area contributed by atoms with Gasteiger partial charge in [-0.15, -0.1) is 0 Å². The fraction of sp³-hybridized carbons (Fsp3) is 0.562. The normalized spacial score (nSPS) is 19.6. The standard InChI is InChI=1S/C16H22N2O2S/c1-3-19-14-7-11-6-10(2)20-15(11)8-12(14)9-17-16(21)18-13-4-5-13/h7-8,10,13H,3-6,9H2,1-2H3,(H2,17,18,21)/t10-/m0/s1. The summed E-state index contributed by atoms with van der Waals surface area (Å²) < 4.78 is 11.6. The number of hydrogen-bond acceptors (Lipinski definition) is 3. The SMILES string of the molecule is CCOc1cc2c(cc1CNC(=S)NC1CC1)O[C@@H](C)C2. The number of ether oxygens (including phenoxy) is 2. The molecule has 0 spiro atoms. The fourth-order valence-corrected chi connectivity index (χ4v) is 2.79. The van der Waals surface area contributed by atoms with Crippen molar-refractivity contribution < 1.29 is 9.47 Å². The Balaban J connectivity index is 1.70. The molecule has 0 radical (unpaired) electrons. The number of hydrogen-bond donors (Lipinski definition) is 2. The highest BCUT2D eigenvalue weighted by atomic mass is 32.1. The summed E-state index contributed by atoms with van der Waals surface area (Å²) in [6.45, 7) is 5.40. The van der Waals surface area contributed by atoms with E-state index in [4.69, 9.17) is 21.7 Å². The first kappa shape index (κ1) is 14.4. The molecule has 0 aromatic heterocycles. The molecule has 5 heteroatoms. The smallest absolute Gasteiger partial charge is 0.166 e. The lowest BCUT2D eigenvalue weighted by atomic mass is 10.1. The third kappa shape index (κ3) is 3.59. The van der Waals surface area contributed by atoms with Crippen molar-refractivity contribution >= 4 is 17.3 Å². The Bertz CT molecular complexity index is 543. The number of fused-ring (bicyclic) bond motifs is 1. The average Bonchev–Trinajstić information content (AvgIpc) is 3.16. The number of benzene rings is 1. The first-order chi connectivity index (χ1) is 10.2. The molecule has 21 heavy (non-hydrogen) atoms. The van der Waals surface area contributed by atoms with Gasteiger partial charge < -0.3 is 20.1 Å². The minimum atomic E-state index is 0.246. The van der Waals surface area contributed by atoms with Crippen LogP contribution in [0, 0.1) is 0 Å². The van der Waals surface area contributed by atoms with Crippen LogP contribution in [0.5, 0.6) is 11.5 Å². The van der Waals surface area contributed by atoms with E-state index in [-0.39, 0.29) is 6.10 Å². The van der Waals surface area contributed by atoms with Gasteiger partial charge in [0.25, 0.3) is 0 Å². The summed E-state index contributed by atoms with van der Waals surface area (Å²) in [4.78, 5) is 0. The Morgan fingerprint density at radius 3 is 2.95 bits per heavy atom. The van der Waals surface area contributed by atoms with Gasteiger partial charge in [-0.1, -0.05) is 0 Å². The summed E-state index contributed by atoms with van der Waals surface area (Å²) >= 11 is 5.30. The Kier molecular flexibility index (Phi) is 4.19. The monoisotopic (exact) mass is 306 g/mol. The van der Waals surface area contributed by atoms with E-state index >= 15 is 0 Å². The lowest BCUT2D eigenvalue weighted by Crippen LogP contribution is -2.36. The van der Waals surface area contributed by atoms with Crippen molar-refractivity contribution in [1.82, 2.24) is 10.6 Å². The molecule has 0 unspecified atom stereocenters. The van der Waals surface area contributed by atoms with E-state index in [0.717, 1.165) is 28.6 Å². The largest absolute Gasteiger partial charge is 0.494 e. The van der Waals surface area contributed by atoms with Crippen molar-refractivity contribution in [3.8, 4) is 11.5 Å². The summed E-state index contributed by atoms with van der Waals surface area (Å²) in [6, 6.07) is 4.76. The number of rotatable bonds is 5. The van der Waals surface area contributed by atoms with E-state index in [2.05, 4.69) is 29.7 Å². The van der Waals surface area contributed by atoms with Gasteiger partial charge >= 0.3 is 0 Å². The lowest BCUT2D eigenvalue weighted by molar-refractivity contribution is 0.254. The predicted molar refractivity (Wildman–Crippen MR) is 87.0 cm³/mol. The second-order valence-corrected chi connectivity index (χ2v) is 6.14. The predicted octanol–water partition coefficient (Wildman–Crippen LogP) is 2.54. The molecule has 0 bridgehead atoms. The van der Waals surface area contributed by atoms with Crippen molar-refractivity contribution in [2.45, 2.75) is 51.8 Å². The zero-order valence-electron chi connectivity index (χ0n) is 12.6. The molecule has 114 valence electrons. The second kappa shape index (κ2) is 6.10. The highest BCUT2D eigenvalue weighted by Crippen LogP contribution is 2.35. The van der Waals surface area contributed by atoms with E-state index in [0.29, 0.717) is 19.2 Å². The van der Waals surface area contributed by atoms with Crippen molar-refractivity contribution in [3.63, 3.8) is 0 Å². The summed E-state index contributed by atoms with van der Waals surface area (Å²) in [7, 11) is 0. The Morgan fingerprint density at radius 1 is 1.43 bits per heavy atom. The van der Waals surface area contributed by atoms with Gasteiger partial charge in [-0.25, -0.2) is 0 Å². The van der Waals surface area contributed by atoms with Crippen LogP contribution < -0.4 is 20.1 Å². The van der Waals surface area contributed by atoms with Crippen LogP contribution in [0.2, 0.25) is 0 Å². The minimum absolute atomic E-state index is 0.246. The zero-order valence-corrected chi connectivity index (χ0v) is 13.4. The molecule has 4 nitrogen and oxygen atoms in total. The van der Waals surface area contributed by atoms with Crippen molar-refractivity contribution in [2.75, 3.05) is 6.61 Å². The first-order valence-corrected chi connectivity index (χ1v) is 8.06. The van der Waals surface area contributed by atoms with Crippen LogP contribution in [0.1, 0.15) is 37.8 Å². The Labute approximate surface area is 131 Å². The zero-order chi connectivity index (χ0) is 14.8. The van der Waals surface area contributed by atoms with Crippen LogP contribution in [-0.2, 0) is 13.0 Å². The quantitative estimate of drug-likeness (QED) is 0.818. The second-order valence-electron chi connectivity index (χ2n) is 5.73. The van der Waals surface area contributed by atoms with E-state index in [1.165, 1.54) is 18.4 Å². The molecule has 0 saturated heterocycles. The van der Waals surface area contributed by atoms with Gasteiger partial charge in [-0.05, 0) is 51.0 Å². The van der Waals surface area contributed by atoms with Gasteiger partial charge in [-0.2, -0.15) is 0 Å². The van der Waals surface area contributed by atoms with Crippen LogP contribution in [0.3, 0.4) is 0 Å². The van der Waals surface area contributed by atoms with Crippen molar-refractivity contribution in [2.24, 2.45) is 0 Å². The van der Waals surface area contributed by atoms with Crippen LogP contribution in [0.15, 0.2) is 12.1 Å². The highest BCUT2D eigenvalue weighted by Gasteiger charge is 2.23. The third-order valence-electron chi connectivity index (χ3n) is 3.73. The Hall–Kier alpha value is -1.49. The summed E-state index contributed by atoms with van der Waals surface area (Å²) in [5.74, 6) is 1.90. The molecule has 1 aliphatic carbocycles. The van der Waals surface area contributed by atoms with Crippen molar-refractivity contribution in [3.05, 3.63) is 23.3 Å². The molecule has 1 saturated carbocycles. The topological polar surface area (TPSA) is 42.5 Å². The van der Waals surface area contributed by atoms with E-state index in [1.807, 2.05) is 6.92 Å². The molecule has 2 N–H and O–H groups in total. The molecule has 1 heterocycles. The average molecular weight is 306 g/mol. The maximum atomic E-state index is 5.83. The number of nitrogens with one attached hydrogen (secondary N) is 2. The summed E-state index contributed by atoms with van der Waals surface area (Å²) in [5.41, 5.74) is 2.32. The molecule has 0 amide bonds. The van der Waals surface area contributed by atoms with Gasteiger partial charge in [0, 0.05) is 30.1 Å². The first-order valence-electron chi connectivity index (χ1n) is 7.65. The summed E-state index contributed by atoms with van der Waals surface area (Å²) in [6.07, 6.45) is 3.63. The fourth-order valence-electron chi connectivity index (χ4n) is 2.55. The van der Waals surface area contributed by atoms with Gasteiger partial charge in [-0.3, -0.25) is 0 Å². The lowest BCUT2D eigenvalue weighted by Gasteiger charge is -2.14. The van der Waals surface area contributed by atoms with Gasteiger partial charge in [0.2, 0.25) is 0 Å². The van der Waals surface area contributed by atoms with Crippen LogP contribution in [0.4, 0.5) is 0 Å². The summed E-state index contributed by atoms with van der Waals surface area (Å²) in [5, 5.41) is 7.26. The van der Waals surface area contributed by atoms with E-state index < -0.39 is 0 Å². The Morgan fingerprint density at radius 2 is 2.24 bits per heavy atom. The molecule has 1 aromatic rings. The maximum absolute atomic E-state index is 5.83. The molecule has 1 atom stereocenters. The van der Waals surface area contributed by atoms with Crippen LogP contribution in [0.25, 0.3) is 0 Å². The molecular formula is C16H22N2O2S. The molecule has 2 aliphatic rings. The van der Waals surface area contributed by atoms with E-state index in [1.54, 1.807) is 0 Å². The number of thiocarbonyl (C=S) groups is 1. The van der Waals surface area contributed by atoms with Gasteiger partial charge in [0.05, 0.1) is 6.61 Å². The maximum Gasteiger partial charge on any atom is 0.166 e. The molecular weight excluding hydrogens is 284 g/mol. The van der Waals surface area contributed by atoms with E-state index in [9.17, 15) is 0 Å². The highest BCUT2D eigenvalue weighted by molar-refractivity contribution is 7.80. The minimum Gasteiger partial charge on any atom is -0.494 e. The molecule has 3 rings (SSSR count). The molecule has 1 aromatic carbocycles.